The van der Waals surface area contributed by atoms with Crippen molar-refractivity contribution < 1.29 is 19.8 Å². The Balaban J connectivity index is 3.78. The molecule has 17 heavy (non-hydrogen) atoms. The second kappa shape index (κ2) is 7.86. The quantitative estimate of drug-likeness (QED) is 0.538. The monoisotopic (exact) mass is 247 g/mol. The van der Waals surface area contributed by atoms with Gasteiger partial charge < -0.3 is 25.3 Å². The Kier molecular flexibility index (Phi) is 7.24. The lowest BCUT2D eigenvalue weighted by Gasteiger charge is -2.19. The Morgan fingerprint density at radius 2 is 1.82 bits per heavy atom. The maximum atomic E-state index is 11.4. The van der Waals surface area contributed by atoms with Crippen molar-refractivity contribution in [1.82, 2.24) is 15.1 Å². The van der Waals surface area contributed by atoms with Crippen molar-refractivity contribution in [1.29, 1.82) is 0 Å². The number of rotatable bonds is 7. The van der Waals surface area contributed by atoms with Gasteiger partial charge in [0.15, 0.2) is 6.10 Å². The molecule has 0 saturated heterocycles. The summed E-state index contributed by atoms with van der Waals surface area (Å²) in [7, 11) is 5.52. The zero-order valence-electron chi connectivity index (χ0n) is 10.5. The highest BCUT2D eigenvalue weighted by molar-refractivity contribution is 5.76. The van der Waals surface area contributed by atoms with Crippen molar-refractivity contribution in [2.24, 2.45) is 0 Å². The standard InChI is InChI=1S/C10H21N3O4/c1-12(2)5-4-6-13(3)10(17)11-7-8(14)9(15)16/h8,14H,4-7H2,1-3H3,(H,11,17)(H,15,16). The molecule has 0 aliphatic rings. The van der Waals surface area contributed by atoms with Crippen LogP contribution in [-0.2, 0) is 4.79 Å². The minimum absolute atomic E-state index is 0.286. The Hall–Kier alpha value is -1.34. The average molecular weight is 247 g/mol. The number of hydrogen-bond acceptors (Lipinski definition) is 4. The van der Waals surface area contributed by atoms with Crippen LogP contribution in [0.5, 0.6) is 0 Å². The molecule has 1 atom stereocenters. The van der Waals surface area contributed by atoms with Crippen LogP contribution in [0, 0.1) is 0 Å². The molecular weight excluding hydrogens is 226 g/mol. The summed E-state index contributed by atoms with van der Waals surface area (Å²) in [5, 5.41) is 19.7. The largest absolute Gasteiger partial charge is 0.479 e. The lowest BCUT2D eigenvalue weighted by molar-refractivity contribution is -0.146. The van der Waals surface area contributed by atoms with Gasteiger partial charge in [0.05, 0.1) is 6.54 Å². The second-order valence-corrected chi connectivity index (χ2v) is 4.12. The summed E-state index contributed by atoms with van der Waals surface area (Å²) in [4.78, 5) is 25.2. The topological polar surface area (TPSA) is 93.1 Å². The van der Waals surface area contributed by atoms with E-state index in [1.165, 1.54) is 4.90 Å². The number of nitrogens with one attached hydrogen (secondary N) is 1. The van der Waals surface area contributed by atoms with Crippen LogP contribution in [0.4, 0.5) is 4.79 Å². The molecule has 0 spiro atoms. The molecule has 2 amide bonds. The van der Waals surface area contributed by atoms with Gasteiger partial charge in [0.1, 0.15) is 0 Å². The fourth-order valence-electron chi connectivity index (χ4n) is 1.13. The first kappa shape index (κ1) is 15.7. The first-order valence-corrected chi connectivity index (χ1v) is 5.39. The van der Waals surface area contributed by atoms with Crippen LogP contribution in [0.25, 0.3) is 0 Å². The smallest absolute Gasteiger partial charge is 0.334 e. The van der Waals surface area contributed by atoms with Crippen LogP contribution in [0.15, 0.2) is 0 Å². The molecule has 1 unspecified atom stereocenters. The SMILES string of the molecule is CN(C)CCCN(C)C(=O)NCC(O)C(=O)O. The zero-order valence-corrected chi connectivity index (χ0v) is 10.5. The summed E-state index contributed by atoms with van der Waals surface area (Å²) in [5.74, 6) is -1.35. The van der Waals surface area contributed by atoms with Crippen LogP contribution in [-0.4, -0.2) is 78.9 Å². The summed E-state index contributed by atoms with van der Waals surface area (Å²) >= 11 is 0. The van der Waals surface area contributed by atoms with E-state index in [1.54, 1.807) is 7.05 Å². The fraction of sp³-hybridized carbons (Fsp3) is 0.800. The molecule has 7 heteroatoms. The predicted octanol–water partition coefficient (Wildman–Crippen LogP) is -0.975. The molecule has 100 valence electrons. The molecule has 0 heterocycles. The van der Waals surface area contributed by atoms with Gasteiger partial charge in [-0.1, -0.05) is 0 Å². The summed E-state index contributed by atoms with van der Waals surface area (Å²) in [6, 6.07) is -0.385. The van der Waals surface area contributed by atoms with E-state index in [1.807, 2.05) is 19.0 Å². The number of aliphatic hydroxyl groups excluding tert-OH is 1. The molecule has 3 N–H and O–H groups in total. The number of nitrogens with zero attached hydrogens (tertiary/aromatic N) is 2. The van der Waals surface area contributed by atoms with Gasteiger partial charge in [0, 0.05) is 13.6 Å². The van der Waals surface area contributed by atoms with Gasteiger partial charge in [-0.15, -0.1) is 0 Å². The third-order valence-electron chi connectivity index (χ3n) is 2.18. The van der Waals surface area contributed by atoms with Crippen molar-refractivity contribution in [2.75, 3.05) is 40.8 Å². The maximum Gasteiger partial charge on any atom is 0.334 e. The van der Waals surface area contributed by atoms with Crippen molar-refractivity contribution in [3.05, 3.63) is 0 Å². The lowest BCUT2D eigenvalue weighted by Crippen LogP contribution is -2.43. The fourth-order valence-corrected chi connectivity index (χ4v) is 1.13. The highest BCUT2D eigenvalue weighted by Gasteiger charge is 2.15. The first-order chi connectivity index (χ1) is 7.84. The lowest BCUT2D eigenvalue weighted by atomic mass is 10.3. The molecule has 0 aliphatic heterocycles. The number of carboxylic acids is 1. The van der Waals surface area contributed by atoms with Gasteiger partial charge in [0.2, 0.25) is 0 Å². The Morgan fingerprint density at radius 3 is 2.29 bits per heavy atom. The average Bonchev–Trinajstić information content (AvgIpc) is 2.24. The highest BCUT2D eigenvalue weighted by Crippen LogP contribution is 1.91. The van der Waals surface area contributed by atoms with Gasteiger partial charge in [0.25, 0.3) is 0 Å². The van der Waals surface area contributed by atoms with Crippen LogP contribution >= 0.6 is 0 Å². The van der Waals surface area contributed by atoms with E-state index >= 15 is 0 Å². The molecule has 7 nitrogen and oxygen atoms in total. The second-order valence-electron chi connectivity index (χ2n) is 4.12. The van der Waals surface area contributed by atoms with E-state index in [-0.39, 0.29) is 12.6 Å². The number of carbonyl (C=O) groups excluding carboxylic acids is 1. The number of aliphatic carboxylic acids is 1. The molecular formula is C10H21N3O4. The van der Waals surface area contributed by atoms with Gasteiger partial charge in [-0.3, -0.25) is 0 Å². The van der Waals surface area contributed by atoms with E-state index in [0.717, 1.165) is 13.0 Å². The zero-order chi connectivity index (χ0) is 13.4. The van der Waals surface area contributed by atoms with Gasteiger partial charge in [-0.05, 0) is 27.1 Å². The molecule has 0 aromatic carbocycles. The van der Waals surface area contributed by atoms with E-state index < -0.39 is 12.1 Å². The molecule has 0 bridgehead atoms. The third-order valence-corrected chi connectivity index (χ3v) is 2.18. The first-order valence-electron chi connectivity index (χ1n) is 5.39. The predicted molar refractivity (Wildman–Crippen MR) is 62.8 cm³/mol. The highest BCUT2D eigenvalue weighted by atomic mass is 16.4. The maximum absolute atomic E-state index is 11.4. The van der Waals surface area contributed by atoms with Crippen LogP contribution < -0.4 is 5.32 Å². The number of aliphatic hydroxyl groups is 1. The molecule has 0 saturated carbocycles. The van der Waals surface area contributed by atoms with Crippen LogP contribution in [0.1, 0.15) is 6.42 Å². The van der Waals surface area contributed by atoms with Crippen LogP contribution in [0.3, 0.4) is 0 Å². The summed E-state index contributed by atoms with van der Waals surface area (Å²) in [6.45, 7) is 1.16. The van der Waals surface area contributed by atoms with E-state index in [9.17, 15) is 9.59 Å². The van der Waals surface area contributed by atoms with Gasteiger partial charge >= 0.3 is 12.0 Å². The Morgan fingerprint density at radius 1 is 1.24 bits per heavy atom. The van der Waals surface area contributed by atoms with E-state index in [4.69, 9.17) is 10.2 Å². The number of carboxylic acid groups (broad SMARTS) is 1. The van der Waals surface area contributed by atoms with Crippen molar-refractivity contribution in [2.45, 2.75) is 12.5 Å². The summed E-state index contributed by atoms with van der Waals surface area (Å²) in [5.41, 5.74) is 0. The number of carbonyl (C=O) groups is 2. The normalized spacial score (nSPS) is 12.3. The molecule has 0 aromatic rings. The third kappa shape index (κ3) is 7.53. The van der Waals surface area contributed by atoms with Crippen LogP contribution in [0.2, 0.25) is 0 Å². The van der Waals surface area contributed by atoms with Crippen molar-refractivity contribution >= 4 is 12.0 Å². The molecule has 0 aliphatic carbocycles. The molecule has 0 radical (unpaired) electrons. The van der Waals surface area contributed by atoms with E-state index in [2.05, 4.69) is 5.32 Å². The summed E-state index contributed by atoms with van der Waals surface area (Å²) in [6.07, 6.45) is -0.729. The summed E-state index contributed by atoms with van der Waals surface area (Å²) < 4.78 is 0. The Bertz CT molecular complexity index is 258. The van der Waals surface area contributed by atoms with Crippen molar-refractivity contribution in [3.8, 4) is 0 Å². The van der Waals surface area contributed by atoms with Gasteiger partial charge in [-0.2, -0.15) is 0 Å². The Labute approximate surface area is 101 Å². The molecule has 0 aromatic heterocycles. The van der Waals surface area contributed by atoms with Crippen molar-refractivity contribution in [3.63, 3.8) is 0 Å². The molecule has 0 fully saturated rings. The number of amides is 2. The molecule has 0 rings (SSSR count). The van der Waals surface area contributed by atoms with E-state index in [0.29, 0.717) is 6.54 Å². The minimum Gasteiger partial charge on any atom is -0.479 e. The number of urea groups is 1. The minimum atomic E-state index is -1.56. The van der Waals surface area contributed by atoms with Gasteiger partial charge in [-0.25, -0.2) is 9.59 Å². The number of hydrogen-bond donors (Lipinski definition) is 3.